The molecule has 0 fully saturated rings. The summed E-state index contributed by atoms with van der Waals surface area (Å²) in [7, 11) is 0. The van der Waals surface area contributed by atoms with Crippen molar-refractivity contribution in [3.63, 3.8) is 0 Å². The lowest BCUT2D eigenvalue weighted by atomic mass is 10.4. The molecule has 68 valence electrons. The first-order valence-electron chi connectivity index (χ1n) is 5.78. The molecule has 0 aromatic rings. The van der Waals surface area contributed by atoms with E-state index in [9.17, 15) is 9.59 Å². The fourth-order valence-corrected chi connectivity index (χ4v) is 0.599. The van der Waals surface area contributed by atoms with E-state index in [2.05, 4.69) is 0 Å². The molecule has 1 rings (SSSR count). The van der Waals surface area contributed by atoms with Gasteiger partial charge in [0.25, 0.3) is 11.8 Å². The normalized spacial score (nSPS) is 26.2. The van der Waals surface area contributed by atoms with Crippen molar-refractivity contribution in [3.05, 3.63) is 12.2 Å². The number of rotatable bonds is 3. The summed E-state index contributed by atoms with van der Waals surface area (Å²) in [5, 5.41) is 0. The largest absolute Gasteiger partial charge is 0.330 e. The van der Waals surface area contributed by atoms with Gasteiger partial charge in [-0.15, -0.1) is 12.4 Å². The van der Waals surface area contributed by atoms with Crippen LogP contribution in [0.1, 0.15) is 14.6 Å². The third-order valence-corrected chi connectivity index (χ3v) is 1.05. The van der Waals surface area contributed by atoms with Crippen molar-refractivity contribution in [2.45, 2.75) is 6.37 Å². The van der Waals surface area contributed by atoms with E-state index in [0.717, 1.165) is 12.2 Å². The maximum atomic E-state index is 11.3. The molecule has 12 heavy (non-hydrogen) atoms. The van der Waals surface area contributed by atoms with Crippen molar-refractivity contribution >= 4 is 24.2 Å². The van der Waals surface area contributed by atoms with Gasteiger partial charge >= 0.3 is 0 Å². The molecular weight excluding hydrogens is 180 g/mol. The number of hydrogen-bond acceptors (Lipinski definition) is 3. The Morgan fingerprint density at radius 1 is 1.42 bits per heavy atom. The van der Waals surface area contributed by atoms with Crippen LogP contribution in [-0.2, 0) is 9.59 Å². The number of carbonyl (C=O) groups excluding carboxylic acids is 2. The molecule has 0 aliphatic carbocycles. The van der Waals surface area contributed by atoms with Crippen LogP contribution in [0.25, 0.3) is 0 Å². The van der Waals surface area contributed by atoms with Crippen molar-refractivity contribution in [2.75, 3.05) is 13.0 Å². The van der Waals surface area contributed by atoms with Crippen LogP contribution in [0, 0.1) is 0 Å². The van der Waals surface area contributed by atoms with Crippen LogP contribution >= 0.6 is 12.4 Å². The first-order chi connectivity index (χ1) is 7.43. The van der Waals surface area contributed by atoms with Crippen LogP contribution in [0.4, 0.5) is 0 Å². The Balaban J connectivity index is 0.00000289. The van der Waals surface area contributed by atoms with E-state index in [4.69, 9.17) is 14.0 Å². The topological polar surface area (TPSA) is 63.4 Å². The highest BCUT2D eigenvalue weighted by Gasteiger charge is 2.21. The van der Waals surface area contributed by atoms with Crippen LogP contribution in [0.3, 0.4) is 0 Å². The molecule has 4 nitrogen and oxygen atoms in total. The number of nitrogens with zero attached hydrogens (tertiary/aromatic N) is 1. The maximum Gasteiger partial charge on any atom is 0.253 e. The summed E-state index contributed by atoms with van der Waals surface area (Å²) in [4.78, 5) is 22.5. The number of nitrogens with two attached hydrogens (primary N) is 1. The second-order valence-corrected chi connectivity index (χ2v) is 1.73. The zero-order valence-electron chi connectivity index (χ0n) is 11.9. The highest BCUT2D eigenvalue weighted by molar-refractivity contribution is 6.12. The number of carbonyl (C=O) groups is 2. The number of amides is 2. The van der Waals surface area contributed by atoms with E-state index in [0.29, 0.717) is 0 Å². The van der Waals surface area contributed by atoms with Crippen LogP contribution in [0.2, 0.25) is 0 Å². The molecule has 2 N–H and O–H groups in total. The van der Waals surface area contributed by atoms with Gasteiger partial charge in [0, 0.05) is 24.1 Å². The van der Waals surface area contributed by atoms with E-state index >= 15 is 0 Å². The molecule has 1 aliphatic heterocycles. The highest BCUT2D eigenvalue weighted by atomic mass is 35.5. The molecule has 0 spiro atoms. The minimum Gasteiger partial charge on any atom is -0.330 e. The molecule has 0 aromatic heterocycles. The Morgan fingerprint density at radius 2 is 1.92 bits per heavy atom. The van der Waals surface area contributed by atoms with E-state index in [-0.39, 0.29) is 17.3 Å². The minimum atomic E-state index is -3.25. The summed E-state index contributed by atoms with van der Waals surface area (Å²) < 4.78 is 43.7. The van der Waals surface area contributed by atoms with E-state index < -0.39 is 31.2 Å². The molecule has 2 amide bonds. The van der Waals surface area contributed by atoms with Gasteiger partial charge in [0.1, 0.15) is 0 Å². The van der Waals surface area contributed by atoms with Gasteiger partial charge in [-0.2, -0.15) is 0 Å². The predicted octanol–water partition coefficient (Wildman–Crippen LogP) is -0.318. The molecule has 1 aliphatic rings. The average molecular weight is 197 g/mol. The molecule has 0 bridgehead atoms. The number of hydrogen-bond donors (Lipinski definition) is 1. The molecule has 0 radical (unpaired) electrons. The second kappa shape index (κ2) is 4.90. The smallest absolute Gasteiger partial charge is 0.253 e. The van der Waals surface area contributed by atoms with Crippen molar-refractivity contribution in [2.24, 2.45) is 5.73 Å². The van der Waals surface area contributed by atoms with Crippen LogP contribution in [0.15, 0.2) is 12.2 Å². The zero-order chi connectivity index (χ0) is 13.6. The lowest BCUT2D eigenvalue weighted by Crippen LogP contribution is -2.31. The first kappa shape index (κ1) is 4.39. The fourth-order valence-electron chi connectivity index (χ4n) is 0.599. The molecule has 1 heterocycles. The van der Waals surface area contributed by atoms with Gasteiger partial charge in [-0.1, -0.05) is 0 Å². The second-order valence-electron chi connectivity index (χ2n) is 1.73. The lowest BCUT2D eigenvalue weighted by Gasteiger charge is -2.11. The monoisotopic (exact) mass is 196 g/mol. The number of imide groups is 1. The van der Waals surface area contributed by atoms with Gasteiger partial charge in [-0.05, 0) is 12.9 Å². The summed E-state index contributed by atoms with van der Waals surface area (Å²) in [6.45, 7) is -6.25. The molecule has 0 atom stereocenters. The SMILES string of the molecule is Cl.[2H]C([2H])(N)C([2H])([2H])C([2H])([2H])N1C(=O)C=CC1=O. The van der Waals surface area contributed by atoms with Crippen LogP contribution in [-0.4, -0.2) is 29.7 Å². The summed E-state index contributed by atoms with van der Waals surface area (Å²) in [6, 6.07) is 0. The first-order valence-corrected chi connectivity index (χ1v) is 2.78. The summed E-state index contributed by atoms with van der Waals surface area (Å²) in [5.74, 6) is -2.10. The third kappa shape index (κ3) is 2.32. The molecule has 0 saturated heterocycles. The van der Waals surface area contributed by atoms with Crippen molar-refractivity contribution < 1.29 is 17.8 Å². The summed E-state index contributed by atoms with van der Waals surface area (Å²) in [6.07, 6.45) is -1.69. The van der Waals surface area contributed by atoms with Gasteiger partial charge in [0.2, 0.25) is 0 Å². The van der Waals surface area contributed by atoms with Crippen molar-refractivity contribution in [1.29, 1.82) is 0 Å². The predicted molar refractivity (Wildman–Crippen MR) is 46.8 cm³/mol. The van der Waals surface area contributed by atoms with Crippen molar-refractivity contribution in [1.82, 2.24) is 4.90 Å². The Hall–Kier alpha value is -0.870. The summed E-state index contributed by atoms with van der Waals surface area (Å²) >= 11 is 0. The van der Waals surface area contributed by atoms with Gasteiger partial charge in [-0.25, -0.2) is 0 Å². The van der Waals surface area contributed by atoms with Crippen LogP contribution in [0.5, 0.6) is 0 Å². The highest BCUT2D eigenvalue weighted by Crippen LogP contribution is 2.02. The summed E-state index contributed by atoms with van der Waals surface area (Å²) in [5.41, 5.74) is 4.91. The van der Waals surface area contributed by atoms with E-state index in [1.165, 1.54) is 0 Å². The molecule has 5 heteroatoms. The van der Waals surface area contributed by atoms with Gasteiger partial charge in [-0.3, -0.25) is 14.5 Å². The van der Waals surface area contributed by atoms with Crippen molar-refractivity contribution in [3.8, 4) is 0 Å². The Morgan fingerprint density at radius 3 is 2.33 bits per heavy atom. The van der Waals surface area contributed by atoms with Crippen LogP contribution < -0.4 is 5.73 Å². The zero-order valence-corrected chi connectivity index (χ0v) is 6.72. The van der Waals surface area contributed by atoms with Gasteiger partial charge in [0.05, 0.1) is 2.74 Å². The number of halogens is 1. The molecular formula is C7H11ClN2O2. The molecule has 0 unspecified atom stereocenters. The Bertz CT molecular complexity index is 387. The van der Waals surface area contributed by atoms with E-state index in [1.54, 1.807) is 0 Å². The quantitative estimate of drug-likeness (QED) is 0.630. The molecule has 0 aromatic carbocycles. The van der Waals surface area contributed by atoms with E-state index in [1.807, 2.05) is 0 Å². The lowest BCUT2D eigenvalue weighted by molar-refractivity contribution is -0.136. The van der Waals surface area contributed by atoms with Gasteiger partial charge in [0.15, 0.2) is 0 Å². The third-order valence-electron chi connectivity index (χ3n) is 1.05. The Kier molecular flexibility index (Phi) is 1.79. The fraction of sp³-hybridized carbons (Fsp3) is 0.429. The molecule has 0 saturated carbocycles. The minimum absolute atomic E-state index is 0. The standard InChI is InChI=1S/C7H10N2O2.ClH/c8-4-1-5-9-6(10)2-3-7(9)11;/h2-3H,1,4-5,8H2;1H/i1D2,4D2,5D2;. The maximum absolute atomic E-state index is 11.3. The van der Waals surface area contributed by atoms with Gasteiger partial charge < -0.3 is 5.73 Å². The average Bonchev–Trinajstić information content (AvgIpc) is 2.44. The Labute approximate surface area is 85.2 Å².